The monoisotopic (exact) mass is 559 g/mol. The Balaban J connectivity index is 1.97. The van der Waals surface area contributed by atoms with E-state index in [0.717, 1.165) is 5.56 Å². The van der Waals surface area contributed by atoms with E-state index in [1.54, 1.807) is 18.2 Å². The third kappa shape index (κ3) is 6.84. The minimum atomic E-state index is -5.05. The fourth-order valence-electron chi connectivity index (χ4n) is 4.75. The molecular weight excluding hydrogens is 528 g/mol. The van der Waals surface area contributed by atoms with E-state index in [1.165, 1.54) is 37.6 Å². The number of nitrogens with one attached hydrogen (secondary N) is 1. The first-order valence-electron chi connectivity index (χ1n) is 12.3. The Morgan fingerprint density at radius 2 is 1.49 bits per heavy atom. The lowest BCUT2D eigenvalue weighted by Crippen LogP contribution is -2.49. The van der Waals surface area contributed by atoms with Crippen LogP contribution in [0.4, 0.5) is 31.1 Å². The highest BCUT2D eigenvalue weighted by atomic mass is 19.4. The molecule has 0 radical (unpaired) electrons. The van der Waals surface area contributed by atoms with Crippen LogP contribution in [0.25, 0.3) is 0 Å². The molecule has 3 atom stereocenters. The Bertz CT molecular complexity index is 1150. The molecule has 1 saturated heterocycles. The highest BCUT2D eigenvalue weighted by Gasteiger charge is 2.45. The Labute approximate surface area is 222 Å². The second kappa shape index (κ2) is 11.1. The van der Waals surface area contributed by atoms with Gasteiger partial charge < -0.3 is 20.2 Å². The standard InChI is InChI=1S/C27H31F6N3O3/c1-16(37)13-34-24(39)36-14-21(17-8-6-5-7-9-17)22(15-36)35(4)23(38)25(2,3)18-10-19(26(28,29)30)12-20(11-18)27(31,32)33/h5-12,16,21-22,37H,13-15H2,1-4H3,(H,34,39)/t16-,21+,22-/m1/s1. The molecular formula is C27H31F6N3O3. The zero-order chi connectivity index (χ0) is 29.3. The fourth-order valence-corrected chi connectivity index (χ4v) is 4.75. The summed E-state index contributed by atoms with van der Waals surface area (Å²) in [6.45, 7) is 4.35. The van der Waals surface area contributed by atoms with E-state index in [4.69, 9.17) is 0 Å². The number of aliphatic hydroxyl groups excluding tert-OH is 1. The predicted molar refractivity (Wildman–Crippen MR) is 132 cm³/mol. The van der Waals surface area contributed by atoms with Gasteiger partial charge in [-0.1, -0.05) is 30.3 Å². The van der Waals surface area contributed by atoms with E-state index in [9.17, 15) is 41.0 Å². The molecule has 39 heavy (non-hydrogen) atoms. The first kappa shape index (κ1) is 30.3. The van der Waals surface area contributed by atoms with Crippen molar-refractivity contribution in [1.29, 1.82) is 0 Å². The van der Waals surface area contributed by atoms with Gasteiger partial charge in [0.1, 0.15) is 0 Å². The molecule has 6 nitrogen and oxygen atoms in total. The highest BCUT2D eigenvalue weighted by Crippen LogP contribution is 2.40. The van der Waals surface area contributed by atoms with Crippen LogP contribution in [0.1, 0.15) is 48.9 Å². The van der Waals surface area contributed by atoms with Crippen LogP contribution in [0, 0.1) is 0 Å². The van der Waals surface area contributed by atoms with Crippen LogP contribution < -0.4 is 5.32 Å². The maximum Gasteiger partial charge on any atom is 0.416 e. The number of nitrogens with zero attached hydrogens (tertiary/aromatic N) is 2. The number of urea groups is 1. The molecule has 12 heteroatoms. The number of amides is 3. The van der Waals surface area contributed by atoms with Crippen LogP contribution >= 0.6 is 0 Å². The molecule has 1 aliphatic rings. The summed E-state index contributed by atoms with van der Waals surface area (Å²) in [7, 11) is 1.43. The molecule has 0 saturated carbocycles. The number of rotatable bonds is 6. The average Bonchev–Trinajstić information content (AvgIpc) is 3.31. The van der Waals surface area contributed by atoms with Gasteiger partial charge >= 0.3 is 18.4 Å². The third-order valence-corrected chi connectivity index (χ3v) is 7.01. The topological polar surface area (TPSA) is 72.9 Å². The SMILES string of the molecule is C[C@@H](O)CNC(=O)N1C[C@@H](N(C)C(=O)C(C)(C)c2cc(C(F)(F)F)cc(C(F)(F)F)c2)[C@H](c2ccccc2)C1. The number of alkyl halides is 6. The van der Waals surface area contributed by atoms with Crippen molar-refractivity contribution in [3.63, 3.8) is 0 Å². The van der Waals surface area contributed by atoms with Gasteiger partial charge in [0.05, 0.1) is 28.7 Å². The second-order valence-electron chi connectivity index (χ2n) is 10.4. The lowest BCUT2D eigenvalue weighted by Gasteiger charge is -2.36. The Morgan fingerprint density at radius 3 is 1.97 bits per heavy atom. The Hall–Kier alpha value is -3.28. The lowest BCUT2D eigenvalue weighted by molar-refractivity contribution is -0.144. The van der Waals surface area contributed by atoms with Crippen LogP contribution in [0.5, 0.6) is 0 Å². The lowest BCUT2D eigenvalue weighted by atomic mass is 9.80. The first-order chi connectivity index (χ1) is 17.9. The molecule has 0 bridgehead atoms. The van der Waals surface area contributed by atoms with E-state index in [-0.39, 0.29) is 31.6 Å². The first-order valence-corrected chi connectivity index (χ1v) is 12.3. The van der Waals surface area contributed by atoms with Gasteiger partial charge in [0.15, 0.2) is 0 Å². The summed E-state index contributed by atoms with van der Waals surface area (Å²) in [6.07, 6.45) is -10.9. The normalized spacial score (nSPS) is 19.1. The summed E-state index contributed by atoms with van der Waals surface area (Å²) in [5.41, 5.74) is -4.38. The van der Waals surface area contributed by atoms with Crippen molar-refractivity contribution in [3.8, 4) is 0 Å². The molecule has 1 fully saturated rings. The number of hydrogen-bond donors (Lipinski definition) is 2. The number of carbonyl (C=O) groups is 2. The number of aliphatic hydroxyl groups is 1. The van der Waals surface area contributed by atoms with Crippen molar-refractivity contribution < 1.29 is 41.0 Å². The maximum atomic E-state index is 13.8. The summed E-state index contributed by atoms with van der Waals surface area (Å²) in [6, 6.07) is 9.09. The van der Waals surface area contributed by atoms with Crippen molar-refractivity contribution in [2.24, 2.45) is 0 Å². The molecule has 214 valence electrons. The smallest absolute Gasteiger partial charge is 0.392 e. The number of halogens is 6. The molecule has 3 rings (SSSR count). The van der Waals surface area contributed by atoms with E-state index in [1.807, 2.05) is 12.1 Å². The highest BCUT2D eigenvalue weighted by molar-refractivity contribution is 5.88. The molecule has 1 heterocycles. The minimum absolute atomic E-state index is 0.00882. The van der Waals surface area contributed by atoms with Crippen molar-refractivity contribution in [3.05, 3.63) is 70.8 Å². The molecule has 3 amide bonds. The fraction of sp³-hybridized carbons (Fsp3) is 0.481. The third-order valence-electron chi connectivity index (χ3n) is 7.01. The number of likely N-dealkylation sites (N-methyl/N-ethyl adjacent to an activating group) is 1. The van der Waals surface area contributed by atoms with Gasteiger partial charge in [0.25, 0.3) is 0 Å². The van der Waals surface area contributed by atoms with Crippen molar-refractivity contribution >= 4 is 11.9 Å². The zero-order valence-electron chi connectivity index (χ0n) is 21.9. The Morgan fingerprint density at radius 1 is 0.974 bits per heavy atom. The Kier molecular flexibility index (Phi) is 8.59. The number of benzene rings is 2. The van der Waals surface area contributed by atoms with Crippen molar-refractivity contribution in [1.82, 2.24) is 15.1 Å². The molecule has 0 unspecified atom stereocenters. The zero-order valence-corrected chi connectivity index (χ0v) is 21.9. The molecule has 2 aromatic rings. The summed E-state index contributed by atoms with van der Waals surface area (Å²) < 4.78 is 80.9. The van der Waals surface area contributed by atoms with Gasteiger partial charge in [-0.15, -0.1) is 0 Å². The molecule has 2 N–H and O–H groups in total. The average molecular weight is 560 g/mol. The van der Waals surface area contributed by atoms with Crippen LogP contribution in [0.15, 0.2) is 48.5 Å². The predicted octanol–water partition coefficient (Wildman–Crippen LogP) is 5.02. The van der Waals surface area contributed by atoms with Crippen LogP contribution in [0.3, 0.4) is 0 Å². The second-order valence-corrected chi connectivity index (χ2v) is 10.4. The number of likely N-dealkylation sites (tertiary alicyclic amines) is 1. The summed E-state index contributed by atoms with van der Waals surface area (Å²) in [4.78, 5) is 29.3. The van der Waals surface area contributed by atoms with E-state index in [0.29, 0.717) is 12.1 Å². The van der Waals surface area contributed by atoms with Gasteiger partial charge in [-0.2, -0.15) is 26.3 Å². The number of carbonyl (C=O) groups excluding carboxylic acids is 2. The van der Waals surface area contributed by atoms with Crippen LogP contribution in [0.2, 0.25) is 0 Å². The molecule has 2 aromatic carbocycles. The largest absolute Gasteiger partial charge is 0.416 e. The molecule has 0 aliphatic carbocycles. The van der Waals surface area contributed by atoms with Crippen LogP contribution in [-0.4, -0.2) is 65.7 Å². The van der Waals surface area contributed by atoms with E-state index in [2.05, 4.69) is 5.32 Å². The summed E-state index contributed by atoms with van der Waals surface area (Å²) >= 11 is 0. The molecule has 0 aromatic heterocycles. The van der Waals surface area contributed by atoms with Gasteiger partial charge in [0.2, 0.25) is 5.91 Å². The van der Waals surface area contributed by atoms with Crippen LogP contribution in [-0.2, 0) is 22.6 Å². The van der Waals surface area contributed by atoms with E-state index < -0.39 is 58.5 Å². The van der Waals surface area contributed by atoms with Gasteiger partial charge in [-0.05, 0) is 50.1 Å². The van der Waals surface area contributed by atoms with Gasteiger partial charge in [0, 0.05) is 32.6 Å². The summed E-state index contributed by atoms with van der Waals surface area (Å²) in [5.74, 6) is -1.08. The molecule has 1 aliphatic heterocycles. The quantitative estimate of drug-likeness (QED) is 0.489. The van der Waals surface area contributed by atoms with Gasteiger partial charge in [-0.25, -0.2) is 4.79 Å². The maximum absolute atomic E-state index is 13.8. The molecule has 0 spiro atoms. The van der Waals surface area contributed by atoms with Crippen molar-refractivity contribution in [2.45, 2.75) is 56.6 Å². The number of hydrogen-bond acceptors (Lipinski definition) is 3. The minimum Gasteiger partial charge on any atom is -0.392 e. The summed E-state index contributed by atoms with van der Waals surface area (Å²) in [5, 5.41) is 12.1. The van der Waals surface area contributed by atoms with E-state index >= 15 is 0 Å². The van der Waals surface area contributed by atoms with Crippen molar-refractivity contribution in [2.75, 3.05) is 26.7 Å². The van der Waals surface area contributed by atoms with Gasteiger partial charge in [-0.3, -0.25) is 4.79 Å².